The summed E-state index contributed by atoms with van der Waals surface area (Å²) in [5, 5.41) is 8.29. The molecule has 2 aliphatic rings. The first kappa shape index (κ1) is 14.5. The van der Waals surface area contributed by atoms with Crippen molar-refractivity contribution in [3.63, 3.8) is 0 Å². The summed E-state index contributed by atoms with van der Waals surface area (Å²) in [7, 11) is 0. The third-order valence-electron chi connectivity index (χ3n) is 4.49. The second-order valence-electron chi connectivity index (χ2n) is 5.94. The maximum atomic E-state index is 13.4. The van der Waals surface area contributed by atoms with E-state index in [0.29, 0.717) is 17.6 Å². The number of halogens is 2. The Hall–Kier alpha value is -2.86. The van der Waals surface area contributed by atoms with Gasteiger partial charge in [0.2, 0.25) is 5.95 Å². The van der Waals surface area contributed by atoms with Crippen molar-refractivity contribution in [2.75, 3.05) is 11.9 Å². The molecule has 1 unspecified atom stereocenters. The van der Waals surface area contributed by atoms with E-state index < -0.39 is 0 Å². The van der Waals surface area contributed by atoms with Gasteiger partial charge >= 0.3 is 0 Å². The lowest BCUT2D eigenvalue weighted by molar-refractivity contribution is 0.328. The number of rotatable bonds is 1. The van der Waals surface area contributed by atoms with Crippen LogP contribution in [0, 0.1) is 5.82 Å². The van der Waals surface area contributed by atoms with Crippen LogP contribution in [0.3, 0.4) is 0 Å². The van der Waals surface area contributed by atoms with Crippen molar-refractivity contribution < 1.29 is 9.13 Å². The Labute approximate surface area is 147 Å². The first-order chi connectivity index (χ1) is 12.2. The molecule has 25 heavy (non-hydrogen) atoms. The summed E-state index contributed by atoms with van der Waals surface area (Å²) in [6.07, 6.45) is 1.50. The van der Waals surface area contributed by atoms with Crippen molar-refractivity contribution in [3.05, 3.63) is 76.3 Å². The van der Waals surface area contributed by atoms with Crippen molar-refractivity contribution >= 4 is 23.2 Å². The molecule has 0 radical (unpaired) electrons. The molecule has 1 N–H and O–H groups in total. The molecule has 7 heteroatoms. The molecular weight excluding hydrogens is 343 g/mol. The van der Waals surface area contributed by atoms with E-state index in [-0.39, 0.29) is 11.9 Å². The highest BCUT2D eigenvalue weighted by molar-refractivity contribution is 6.30. The van der Waals surface area contributed by atoms with Crippen LogP contribution in [0.15, 0.2) is 54.4 Å². The molecule has 0 bridgehead atoms. The molecule has 0 saturated heterocycles. The van der Waals surface area contributed by atoms with Crippen molar-refractivity contribution in [2.45, 2.75) is 6.04 Å². The Bertz CT molecular complexity index is 1010. The lowest BCUT2D eigenvalue weighted by Gasteiger charge is -2.34. The zero-order valence-corrected chi connectivity index (χ0v) is 13.7. The number of fused-ring (bicyclic) bond motifs is 3. The third-order valence-corrected chi connectivity index (χ3v) is 4.72. The molecule has 2 aliphatic heterocycles. The fraction of sp³-hybridized carbons (Fsp3) is 0.111. The summed E-state index contributed by atoms with van der Waals surface area (Å²) in [5.74, 6) is 1.12. The van der Waals surface area contributed by atoms with Gasteiger partial charge in [-0.2, -0.15) is 10.1 Å². The molecule has 0 fully saturated rings. The van der Waals surface area contributed by atoms with Crippen molar-refractivity contribution in [3.8, 4) is 5.75 Å². The number of aromatic nitrogens is 3. The SMILES string of the molecule is Fc1ccc(C2C3=C(Nc4ncnn42)c2cc(Cl)ccc2OC3)cc1. The first-order valence-electron chi connectivity index (χ1n) is 7.78. The Morgan fingerprint density at radius 3 is 2.88 bits per heavy atom. The zero-order valence-electron chi connectivity index (χ0n) is 12.9. The maximum Gasteiger partial charge on any atom is 0.226 e. The maximum absolute atomic E-state index is 13.4. The van der Waals surface area contributed by atoms with Gasteiger partial charge in [0.25, 0.3) is 0 Å². The van der Waals surface area contributed by atoms with Gasteiger partial charge in [0.15, 0.2) is 0 Å². The summed E-state index contributed by atoms with van der Waals surface area (Å²) >= 11 is 6.18. The van der Waals surface area contributed by atoms with Crippen LogP contribution in [-0.2, 0) is 0 Å². The van der Waals surface area contributed by atoms with Gasteiger partial charge in [0.1, 0.15) is 30.5 Å². The van der Waals surface area contributed by atoms with Crippen LogP contribution in [0.5, 0.6) is 5.75 Å². The van der Waals surface area contributed by atoms with Crippen LogP contribution in [-0.4, -0.2) is 21.4 Å². The summed E-state index contributed by atoms with van der Waals surface area (Å²) in [6, 6.07) is 11.7. The van der Waals surface area contributed by atoms with Gasteiger partial charge < -0.3 is 10.1 Å². The first-order valence-corrected chi connectivity index (χ1v) is 8.16. The van der Waals surface area contributed by atoms with Gasteiger partial charge in [0, 0.05) is 16.2 Å². The van der Waals surface area contributed by atoms with Crippen molar-refractivity contribution in [1.29, 1.82) is 0 Å². The van der Waals surface area contributed by atoms with E-state index in [1.165, 1.54) is 18.5 Å². The number of benzene rings is 2. The summed E-state index contributed by atoms with van der Waals surface area (Å²) < 4.78 is 21.1. The van der Waals surface area contributed by atoms with Crippen molar-refractivity contribution in [1.82, 2.24) is 14.8 Å². The third kappa shape index (κ3) is 2.21. The van der Waals surface area contributed by atoms with E-state index in [0.717, 1.165) is 28.1 Å². The molecule has 5 rings (SSSR count). The predicted molar refractivity (Wildman–Crippen MR) is 92.1 cm³/mol. The molecule has 0 saturated carbocycles. The Morgan fingerprint density at radius 1 is 1.20 bits per heavy atom. The molecule has 0 spiro atoms. The molecule has 1 atom stereocenters. The van der Waals surface area contributed by atoms with Gasteiger partial charge in [0.05, 0.1) is 5.70 Å². The monoisotopic (exact) mass is 354 g/mol. The highest BCUT2D eigenvalue weighted by atomic mass is 35.5. The van der Waals surface area contributed by atoms with E-state index in [2.05, 4.69) is 15.4 Å². The Kier molecular flexibility index (Phi) is 3.08. The standard InChI is InChI=1S/C18H12ClFN4O/c19-11-3-6-15-13(7-11)16-14(8-25-15)17(10-1-4-12(20)5-2-10)24-18(23-16)21-9-22-24/h1-7,9,17H,8H2,(H,21,22,23). The zero-order chi connectivity index (χ0) is 17.0. The fourth-order valence-corrected chi connectivity index (χ4v) is 3.53. The van der Waals surface area contributed by atoms with Crippen molar-refractivity contribution in [2.24, 2.45) is 0 Å². The van der Waals surface area contributed by atoms with E-state index in [9.17, 15) is 4.39 Å². The Balaban J connectivity index is 1.73. The number of ether oxygens (including phenoxy) is 1. The fourth-order valence-electron chi connectivity index (χ4n) is 3.36. The molecular formula is C18H12ClFN4O. The number of nitrogens with one attached hydrogen (secondary N) is 1. The summed E-state index contributed by atoms with van der Waals surface area (Å²) in [5.41, 5.74) is 3.71. The van der Waals surface area contributed by atoms with Crippen LogP contribution in [0.2, 0.25) is 5.02 Å². The smallest absolute Gasteiger partial charge is 0.226 e. The highest BCUT2D eigenvalue weighted by Gasteiger charge is 2.34. The van der Waals surface area contributed by atoms with Crippen LogP contribution in [0.4, 0.5) is 10.3 Å². The largest absolute Gasteiger partial charge is 0.488 e. The molecule has 5 nitrogen and oxygen atoms in total. The van der Waals surface area contributed by atoms with Gasteiger partial charge in [-0.25, -0.2) is 9.07 Å². The van der Waals surface area contributed by atoms with Gasteiger partial charge in [-0.3, -0.25) is 0 Å². The number of anilines is 1. The molecule has 3 heterocycles. The van der Waals surface area contributed by atoms with Crippen LogP contribution in [0.25, 0.3) is 5.70 Å². The van der Waals surface area contributed by atoms with Crippen LogP contribution in [0.1, 0.15) is 17.2 Å². The lowest BCUT2D eigenvalue weighted by atomic mass is 9.92. The topological polar surface area (TPSA) is 52.0 Å². The van der Waals surface area contributed by atoms with Gasteiger partial charge in [-0.15, -0.1) is 0 Å². The quantitative estimate of drug-likeness (QED) is 0.720. The minimum Gasteiger partial charge on any atom is -0.488 e. The van der Waals surface area contributed by atoms with E-state index in [4.69, 9.17) is 16.3 Å². The average molecular weight is 355 g/mol. The average Bonchev–Trinajstić information content (AvgIpc) is 3.09. The van der Waals surface area contributed by atoms with Crippen LogP contribution >= 0.6 is 11.6 Å². The molecule has 1 aromatic heterocycles. The number of hydrogen-bond acceptors (Lipinski definition) is 4. The normalized spacial score (nSPS) is 17.9. The Morgan fingerprint density at radius 2 is 2.04 bits per heavy atom. The molecule has 3 aromatic rings. The van der Waals surface area contributed by atoms with E-state index in [1.54, 1.807) is 22.9 Å². The van der Waals surface area contributed by atoms with Gasteiger partial charge in [-0.05, 0) is 35.9 Å². The lowest BCUT2D eigenvalue weighted by Crippen LogP contribution is -2.30. The van der Waals surface area contributed by atoms with Crippen LogP contribution < -0.4 is 10.1 Å². The summed E-state index contributed by atoms with van der Waals surface area (Å²) in [4.78, 5) is 4.30. The molecule has 0 aliphatic carbocycles. The predicted octanol–water partition coefficient (Wildman–Crippen LogP) is 3.89. The van der Waals surface area contributed by atoms with Gasteiger partial charge in [-0.1, -0.05) is 23.7 Å². The number of hydrogen-bond donors (Lipinski definition) is 1. The van der Waals surface area contributed by atoms with E-state index >= 15 is 0 Å². The number of nitrogens with zero attached hydrogens (tertiary/aromatic N) is 3. The molecule has 0 amide bonds. The minimum absolute atomic E-state index is 0.221. The minimum atomic E-state index is -0.275. The van der Waals surface area contributed by atoms with E-state index in [1.807, 2.05) is 12.1 Å². The molecule has 2 aromatic carbocycles. The second-order valence-corrected chi connectivity index (χ2v) is 6.37. The molecule has 124 valence electrons. The summed E-state index contributed by atoms with van der Waals surface area (Å²) in [6.45, 7) is 0.401. The second kappa shape index (κ2) is 5.32. The highest BCUT2D eigenvalue weighted by Crippen LogP contribution is 2.43.